The quantitative estimate of drug-likeness (QED) is 0.342. The minimum atomic E-state index is -0.874. The minimum Gasteiger partial charge on any atom is -0.445 e. The maximum Gasteiger partial charge on any atom is 0.408 e. The number of alkyl carbamates (subject to hydrolysis) is 1. The van der Waals surface area contributed by atoms with Crippen LogP contribution in [0.15, 0.2) is 34.7 Å². The highest BCUT2D eigenvalue weighted by molar-refractivity contribution is 7.71. The van der Waals surface area contributed by atoms with Gasteiger partial charge in [0, 0.05) is 0 Å². The average molecular weight is 463 g/mol. The van der Waals surface area contributed by atoms with Crippen molar-refractivity contribution in [3.8, 4) is 0 Å². The SMILES string of the molecule is CC(C)C[C@H](NC(=O)OCc1ccccc1)C(=O)N[C@@H](CC(C)C)C(=O)c1n[nH]c(=S)o1. The zero-order chi connectivity index (χ0) is 23.7. The fourth-order valence-corrected chi connectivity index (χ4v) is 3.19. The van der Waals surface area contributed by atoms with Gasteiger partial charge in [-0.2, -0.15) is 0 Å². The van der Waals surface area contributed by atoms with Crippen molar-refractivity contribution in [1.82, 2.24) is 20.8 Å². The van der Waals surface area contributed by atoms with E-state index in [4.69, 9.17) is 21.4 Å². The minimum absolute atomic E-state index is 0.0246. The van der Waals surface area contributed by atoms with Crippen molar-refractivity contribution in [1.29, 1.82) is 0 Å². The Morgan fingerprint density at radius 1 is 1.03 bits per heavy atom. The molecule has 0 radical (unpaired) electrons. The molecule has 10 heteroatoms. The normalized spacial score (nSPS) is 12.9. The van der Waals surface area contributed by atoms with Crippen molar-refractivity contribution in [2.45, 2.75) is 59.2 Å². The van der Waals surface area contributed by atoms with Gasteiger partial charge in [-0.25, -0.2) is 9.89 Å². The molecule has 1 heterocycles. The van der Waals surface area contributed by atoms with Crippen LogP contribution in [0.3, 0.4) is 0 Å². The van der Waals surface area contributed by atoms with Gasteiger partial charge >= 0.3 is 6.09 Å². The van der Waals surface area contributed by atoms with Crippen molar-refractivity contribution in [2.75, 3.05) is 0 Å². The summed E-state index contributed by atoms with van der Waals surface area (Å²) in [7, 11) is 0. The van der Waals surface area contributed by atoms with Gasteiger partial charge in [-0.05, 0) is 42.5 Å². The summed E-state index contributed by atoms with van der Waals surface area (Å²) in [4.78, 5) is 38.1. The number of ketones is 1. The van der Waals surface area contributed by atoms with E-state index >= 15 is 0 Å². The van der Waals surface area contributed by atoms with Gasteiger partial charge in [0.2, 0.25) is 11.7 Å². The molecule has 2 rings (SSSR count). The van der Waals surface area contributed by atoms with E-state index in [1.807, 2.05) is 58.0 Å². The molecule has 1 aromatic heterocycles. The van der Waals surface area contributed by atoms with Crippen molar-refractivity contribution in [3.05, 3.63) is 46.6 Å². The van der Waals surface area contributed by atoms with Gasteiger partial charge in [0.15, 0.2) is 0 Å². The van der Waals surface area contributed by atoms with E-state index in [0.717, 1.165) is 5.56 Å². The van der Waals surface area contributed by atoms with Crippen LogP contribution in [0.4, 0.5) is 4.79 Å². The largest absolute Gasteiger partial charge is 0.445 e. The fraction of sp³-hybridized carbons (Fsp3) is 0.500. The number of amides is 2. The molecule has 9 nitrogen and oxygen atoms in total. The smallest absolute Gasteiger partial charge is 0.408 e. The second kappa shape index (κ2) is 12.1. The summed E-state index contributed by atoms with van der Waals surface area (Å²) in [6, 6.07) is 7.49. The number of nitrogens with one attached hydrogen (secondary N) is 3. The summed E-state index contributed by atoms with van der Waals surface area (Å²) in [6.45, 7) is 7.81. The first-order valence-electron chi connectivity index (χ1n) is 10.5. The number of rotatable bonds is 11. The van der Waals surface area contributed by atoms with E-state index in [9.17, 15) is 14.4 Å². The first kappa shape index (κ1) is 25.3. The number of aromatic amines is 1. The van der Waals surface area contributed by atoms with Crippen LogP contribution in [0, 0.1) is 16.7 Å². The summed E-state index contributed by atoms with van der Waals surface area (Å²) in [6.07, 6.45) is 0.0317. The summed E-state index contributed by atoms with van der Waals surface area (Å²) < 4.78 is 10.4. The van der Waals surface area contributed by atoms with Crippen LogP contribution in [0.1, 0.15) is 56.8 Å². The van der Waals surface area contributed by atoms with Crippen molar-refractivity contribution < 1.29 is 23.5 Å². The molecular formula is C22H30N4O5S. The van der Waals surface area contributed by atoms with Crippen LogP contribution < -0.4 is 10.6 Å². The molecule has 0 bridgehead atoms. The third kappa shape index (κ3) is 8.26. The summed E-state index contributed by atoms with van der Waals surface area (Å²) in [5.41, 5.74) is 0.832. The highest BCUT2D eigenvalue weighted by Crippen LogP contribution is 2.12. The van der Waals surface area contributed by atoms with Crippen LogP contribution in [-0.2, 0) is 16.1 Å². The first-order valence-corrected chi connectivity index (χ1v) is 10.9. The molecule has 0 aliphatic heterocycles. The Bertz CT molecular complexity index is 954. The number of carbonyl (C=O) groups excluding carboxylic acids is 3. The Morgan fingerprint density at radius 3 is 2.22 bits per heavy atom. The third-order valence-corrected chi connectivity index (χ3v) is 4.69. The maximum absolute atomic E-state index is 13.0. The Balaban J connectivity index is 2.06. The number of hydrogen-bond acceptors (Lipinski definition) is 7. The van der Waals surface area contributed by atoms with Crippen molar-refractivity contribution >= 4 is 30.0 Å². The molecule has 0 aliphatic carbocycles. The summed E-state index contributed by atoms with van der Waals surface area (Å²) in [5.74, 6) is -0.948. The molecular weight excluding hydrogens is 432 g/mol. The van der Waals surface area contributed by atoms with Gasteiger partial charge in [0.1, 0.15) is 12.6 Å². The number of carbonyl (C=O) groups is 3. The number of hydrogen-bond donors (Lipinski definition) is 3. The van der Waals surface area contributed by atoms with E-state index < -0.39 is 29.9 Å². The van der Waals surface area contributed by atoms with Gasteiger partial charge in [-0.3, -0.25) is 9.59 Å². The lowest BCUT2D eigenvalue weighted by Crippen LogP contribution is -2.52. The highest BCUT2D eigenvalue weighted by Gasteiger charge is 2.30. The zero-order valence-electron chi connectivity index (χ0n) is 18.7. The molecule has 2 atom stereocenters. The molecule has 0 aliphatic rings. The lowest BCUT2D eigenvalue weighted by Gasteiger charge is -2.24. The van der Waals surface area contributed by atoms with Crippen LogP contribution in [-0.4, -0.2) is 40.1 Å². The third-order valence-electron chi connectivity index (χ3n) is 4.52. The van der Waals surface area contributed by atoms with Gasteiger partial charge < -0.3 is 19.8 Å². The van der Waals surface area contributed by atoms with Crippen LogP contribution in [0.5, 0.6) is 0 Å². The summed E-state index contributed by atoms with van der Waals surface area (Å²) in [5, 5.41) is 11.5. The Morgan fingerprint density at radius 2 is 1.66 bits per heavy atom. The number of nitrogens with zero attached hydrogens (tertiary/aromatic N) is 1. The van der Waals surface area contributed by atoms with E-state index in [2.05, 4.69) is 20.8 Å². The molecule has 0 fully saturated rings. The predicted molar refractivity (Wildman–Crippen MR) is 120 cm³/mol. The second-order valence-electron chi connectivity index (χ2n) is 8.36. The van der Waals surface area contributed by atoms with Gasteiger partial charge in [-0.1, -0.05) is 58.0 Å². The molecule has 2 aromatic rings. The number of benzene rings is 1. The maximum atomic E-state index is 13.0. The van der Waals surface area contributed by atoms with E-state index in [1.165, 1.54) is 0 Å². The topological polar surface area (TPSA) is 126 Å². The van der Waals surface area contributed by atoms with Crippen LogP contribution >= 0.6 is 12.2 Å². The lowest BCUT2D eigenvalue weighted by molar-refractivity contribution is -0.124. The van der Waals surface area contributed by atoms with Gasteiger partial charge in [0.25, 0.3) is 10.7 Å². The molecule has 0 unspecified atom stereocenters. The Labute approximate surface area is 192 Å². The number of Topliss-reactive ketones (excluding diaryl/α,β-unsaturated/α-hetero) is 1. The summed E-state index contributed by atoms with van der Waals surface area (Å²) >= 11 is 4.83. The number of H-pyrrole nitrogens is 1. The van der Waals surface area contributed by atoms with E-state index in [1.54, 1.807) is 0 Å². The Hall–Kier alpha value is -3.01. The second-order valence-corrected chi connectivity index (χ2v) is 8.73. The number of ether oxygens (including phenoxy) is 1. The fourth-order valence-electron chi connectivity index (χ4n) is 3.07. The molecule has 3 N–H and O–H groups in total. The van der Waals surface area contributed by atoms with Gasteiger partial charge in [0.05, 0.1) is 6.04 Å². The van der Waals surface area contributed by atoms with Crippen molar-refractivity contribution in [3.63, 3.8) is 0 Å². The molecule has 32 heavy (non-hydrogen) atoms. The highest BCUT2D eigenvalue weighted by atomic mass is 32.1. The first-order chi connectivity index (χ1) is 15.2. The molecule has 0 saturated carbocycles. The molecule has 0 saturated heterocycles. The van der Waals surface area contributed by atoms with Crippen molar-refractivity contribution in [2.24, 2.45) is 11.8 Å². The monoisotopic (exact) mass is 462 g/mol. The molecule has 1 aromatic carbocycles. The molecule has 174 valence electrons. The zero-order valence-corrected chi connectivity index (χ0v) is 19.5. The molecule has 0 spiro atoms. The van der Waals surface area contributed by atoms with E-state index in [0.29, 0.717) is 12.8 Å². The molecule has 2 amide bonds. The predicted octanol–water partition coefficient (Wildman–Crippen LogP) is 3.79. The standard InChI is InChI=1S/C22H30N4O5S/c1-13(2)10-16(18(27)20-25-26-22(32)31-20)23-19(28)17(11-14(3)4)24-21(29)30-12-15-8-6-5-7-9-15/h5-9,13-14,16-17H,10-12H2,1-4H3,(H,23,28)(H,24,29)(H,26,32)/t16-,17-/m0/s1. The van der Waals surface area contributed by atoms with Gasteiger partial charge in [-0.15, -0.1) is 5.10 Å². The number of aromatic nitrogens is 2. The van der Waals surface area contributed by atoms with E-state index in [-0.39, 0.29) is 29.2 Å². The average Bonchev–Trinajstić information content (AvgIpc) is 3.17. The van der Waals surface area contributed by atoms with Crippen LogP contribution in [0.25, 0.3) is 0 Å². The lowest BCUT2D eigenvalue weighted by atomic mass is 9.98. The Kier molecular flexibility index (Phi) is 9.58. The van der Waals surface area contributed by atoms with Crippen LogP contribution in [0.2, 0.25) is 0 Å².